The molecule has 2 heterocycles. The topological polar surface area (TPSA) is 58.4 Å². The van der Waals surface area contributed by atoms with E-state index in [1.807, 2.05) is 0 Å². The summed E-state index contributed by atoms with van der Waals surface area (Å²) in [6, 6.07) is 10.6. The Balaban J connectivity index is 1.70. The van der Waals surface area contributed by atoms with Gasteiger partial charge in [-0.2, -0.15) is 5.10 Å². The first-order valence-corrected chi connectivity index (χ1v) is 8.42. The van der Waals surface area contributed by atoms with Crippen molar-refractivity contribution in [3.8, 4) is 11.5 Å². The van der Waals surface area contributed by atoms with Crippen molar-refractivity contribution in [1.29, 1.82) is 0 Å². The summed E-state index contributed by atoms with van der Waals surface area (Å²) in [5, 5.41) is 4.01. The molecule has 0 aliphatic carbocycles. The van der Waals surface area contributed by atoms with E-state index in [-0.39, 0.29) is 30.6 Å². The Bertz CT molecular complexity index is 921. The van der Waals surface area contributed by atoms with Gasteiger partial charge in [-0.3, -0.25) is 0 Å². The van der Waals surface area contributed by atoms with Crippen LogP contribution in [-0.4, -0.2) is 27.5 Å². The highest BCUT2D eigenvalue weighted by atomic mass is 19.1. The molecule has 8 heteroatoms. The molecular formula is C19H17F2N3O3. The van der Waals surface area contributed by atoms with E-state index in [9.17, 15) is 8.78 Å². The predicted molar refractivity (Wildman–Crippen MR) is 91.1 cm³/mol. The van der Waals surface area contributed by atoms with Gasteiger partial charge in [0.05, 0.1) is 18.3 Å². The highest BCUT2D eigenvalue weighted by Gasteiger charge is 2.45. The van der Waals surface area contributed by atoms with Crippen LogP contribution in [0.3, 0.4) is 0 Å². The molecule has 0 N–H and O–H groups in total. The van der Waals surface area contributed by atoms with Gasteiger partial charge < -0.3 is 14.2 Å². The Morgan fingerprint density at radius 2 is 2.04 bits per heavy atom. The first-order valence-electron chi connectivity index (χ1n) is 8.42. The first kappa shape index (κ1) is 17.6. The molecule has 0 saturated carbocycles. The highest BCUT2D eigenvalue weighted by molar-refractivity contribution is 5.37. The fourth-order valence-electron chi connectivity index (χ4n) is 3.00. The van der Waals surface area contributed by atoms with Crippen molar-refractivity contribution < 1.29 is 23.0 Å². The van der Waals surface area contributed by atoms with Crippen molar-refractivity contribution in [2.75, 3.05) is 6.61 Å². The standard InChI is InChI=1S/C19H17F2N3O3/c1-13-9-25-19(27-13,10-24-12-22-11-23-24)15-7-17(21)18(8-16(15)20)26-14-5-3-2-4-6-14/h2-8,11-13H,9-10H2,1H3. The third kappa shape index (κ3) is 3.54. The van der Waals surface area contributed by atoms with Crippen LogP contribution in [0.25, 0.3) is 0 Å². The number of aromatic nitrogens is 3. The van der Waals surface area contributed by atoms with Gasteiger partial charge in [-0.1, -0.05) is 18.2 Å². The smallest absolute Gasteiger partial charge is 0.218 e. The van der Waals surface area contributed by atoms with Crippen molar-refractivity contribution in [3.05, 3.63) is 72.3 Å². The van der Waals surface area contributed by atoms with Gasteiger partial charge in [-0.15, -0.1) is 0 Å². The average molecular weight is 373 g/mol. The molecule has 1 aromatic heterocycles. The van der Waals surface area contributed by atoms with E-state index in [0.29, 0.717) is 5.75 Å². The lowest BCUT2D eigenvalue weighted by Gasteiger charge is -2.28. The SMILES string of the molecule is CC1COC(Cn2cncn2)(c2cc(F)c(Oc3ccccc3)cc2F)O1. The van der Waals surface area contributed by atoms with Crippen LogP contribution in [0.1, 0.15) is 12.5 Å². The Labute approximate surface area is 154 Å². The molecule has 2 unspecified atom stereocenters. The van der Waals surface area contributed by atoms with Crippen LogP contribution in [0.15, 0.2) is 55.1 Å². The number of hydrogen-bond acceptors (Lipinski definition) is 5. The van der Waals surface area contributed by atoms with Gasteiger partial charge in [0.1, 0.15) is 30.8 Å². The highest BCUT2D eigenvalue weighted by Crippen LogP contribution is 2.39. The maximum Gasteiger partial charge on any atom is 0.218 e. The first-order chi connectivity index (χ1) is 13.1. The molecule has 3 aromatic rings. The van der Waals surface area contributed by atoms with Gasteiger partial charge in [-0.25, -0.2) is 18.4 Å². The summed E-state index contributed by atoms with van der Waals surface area (Å²) in [7, 11) is 0. The molecule has 0 spiro atoms. The van der Waals surface area contributed by atoms with Crippen molar-refractivity contribution in [2.45, 2.75) is 25.4 Å². The quantitative estimate of drug-likeness (QED) is 0.683. The van der Waals surface area contributed by atoms with Crippen LogP contribution in [0.4, 0.5) is 8.78 Å². The van der Waals surface area contributed by atoms with Gasteiger partial charge in [0.2, 0.25) is 5.79 Å². The van der Waals surface area contributed by atoms with Crippen LogP contribution in [0.5, 0.6) is 11.5 Å². The minimum Gasteiger partial charge on any atom is -0.454 e. The molecule has 0 bridgehead atoms. The average Bonchev–Trinajstić information content (AvgIpc) is 3.29. The van der Waals surface area contributed by atoms with Crippen molar-refractivity contribution in [1.82, 2.24) is 14.8 Å². The monoisotopic (exact) mass is 373 g/mol. The second kappa shape index (κ2) is 7.05. The second-order valence-electron chi connectivity index (χ2n) is 6.26. The zero-order valence-corrected chi connectivity index (χ0v) is 14.5. The fraction of sp³-hybridized carbons (Fsp3) is 0.263. The van der Waals surface area contributed by atoms with Crippen molar-refractivity contribution in [2.24, 2.45) is 0 Å². The fourth-order valence-corrected chi connectivity index (χ4v) is 3.00. The third-order valence-electron chi connectivity index (χ3n) is 4.18. The number of halogens is 2. The van der Waals surface area contributed by atoms with Crippen LogP contribution in [0, 0.1) is 11.6 Å². The molecular weight excluding hydrogens is 356 g/mol. The third-order valence-corrected chi connectivity index (χ3v) is 4.18. The maximum absolute atomic E-state index is 14.9. The number of hydrogen-bond donors (Lipinski definition) is 0. The van der Waals surface area contributed by atoms with Crippen molar-refractivity contribution >= 4 is 0 Å². The Morgan fingerprint density at radius 3 is 2.70 bits per heavy atom. The molecule has 2 atom stereocenters. The molecule has 27 heavy (non-hydrogen) atoms. The summed E-state index contributed by atoms with van der Waals surface area (Å²) >= 11 is 0. The summed E-state index contributed by atoms with van der Waals surface area (Å²) < 4.78 is 48.1. The largest absolute Gasteiger partial charge is 0.454 e. The van der Waals surface area contributed by atoms with Gasteiger partial charge >= 0.3 is 0 Å². The molecule has 2 aromatic carbocycles. The normalized spacial score (nSPS) is 22.1. The maximum atomic E-state index is 14.9. The van der Waals surface area contributed by atoms with Crippen LogP contribution in [-0.2, 0) is 21.8 Å². The van der Waals surface area contributed by atoms with E-state index >= 15 is 0 Å². The summed E-state index contributed by atoms with van der Waals surface area (Å²) in [6.07, 6.45) is 2.52. The molecule has 6 nitrogen and oxygen atoms in total. The van der Waals surface area contributed by atoms with Crippen LogP contribution in [0.2, 0.25) is 0 Å². The lowest BCUT2D eigenvalue weighted by atomic mass is 10.0. The van der Waals surface area contributed by atoms with Gasteiger partial charge in [0.15, 0.2) is 11.6 Å². The molecule has 1 aliphatic rings. The zero-order chi connectivity index (χ0) is 18.9. The van der Waals surface area contributed by atoms with E-state index in [2.05, 4.69) is 10.1 Å². The van der Waals surface area contributed by atoms with E-state index in [1.54, 1.807) is 37.3 Å². The molecule has 140 valence electrons. The van der Waals surface area contributed by atoms with E-state index < -0.39 is 17.4 Å². The summed E-state index contributed by atoms with van der Waals surface area (Å²) in [5.41, 5.74) is -0.0553. The van der Waals surface area contributed by atoms with Gasteiger partial charge in [0.25, 0.3) is 0 Å². The second-order valence-corrected chi connectivity index (χ2v) is 6.26. The lowest BCUT2D eigenvalue weighted by molar-refractivity contribution is -0.188. The Hall–Kier alpha value is -2.84. The summed E-state index contributed by atoms with van der Waals surface area (Å²) in [5.74, 6) is -2.73. The van der Waals surface area contributed by atoms with Crippen LogP contribution >= 0.6 is 0 Å². The van der Waals surface area contributed by atoms with E-state index in [4.69, 9.17) is 14.2 Å². The molecule has 1 aliphatic heterocycles. The number of ether oxygens (including phenoxy) is 3. The summed E-state index contributed by atoms with van der Waals surface area (Å²) in [6.45, 7) is 2.08. The number of para-hydroxylation sites is 1. The number of rotatable bonds is 5. The number of nitrogens with zero attached hydrogens (tertiary/aromatic N) is 3. The number of benzene rings is 2. The zero-order valence-electron chi connectivity index (χ0n) is 14.5. The summed E-state index contributed by atoms with van der Waals surface area (Å²) in [4.78, 5) is 3.86. The van der Waals surface area contributed by atoms with Crippen molar-refractivity contribution in [3.63, 3.8) is 0 Å². The minimum absolute atomic E-state index is 0.0343. The molecule has 0 radical (unpaired) electrons. The van der Waals surface area contributed by atoms with Gasteiger partial charge in [0, 0.05) is 6.07 Å². The van der Waals surface area contributed by atoms with E-state index in [0.717, 1.165) is 12.1 Å². The molecule has 1 fully saturated rings. The molecule has 4 rings (SSSR count). The van der Waals surface area contributed by atoms with Gasteiger partial charge in [-0.05, 0) is 25.1 Å². The Morgan fingerprint density at radius 1 is 1.22 bits per heavy atom. The van der Waals surface area contributed by atoms with Crippen LogP contribution < -0.4 is 4.74 Å². The Kier molecular flexibility index (Phi) is 4.59. The molecule has 1 saturated heterocycles. The lowest BCUT2D eigenvalue weighted by Crippen LogP contribution is -2.35. The minimum atomic E-state index is -1.50. The predicted octanol–water partition coefficient (Wildman–Crippen LogP) is 3.64. The van der Waals surface area contributed by atoms with E-state index in [1.165, 1.54) is 17.3 Å². The molecule has 0 amide bonds.